The van der Waals surface area contributed by atoms with E-state index in [1.54, 1.807) is 12.1 Å². The number of hydrogen-bond donors (Lipinski definition) is 4. The molecule has 0 fully saturated rings. The Hall–Kier alpha value is -4.96. The number of nitrogens with zero attached hydrogens (tertiary/aromatic N) is 4. The first-order valence-corrected chi connectivity index (χ1v) is 17.0. The Morgan fingerprint density at radius 3 is 2.37 bits per heavy atom. The second kappa shape index (κ2) is 22.0. The van der Waals surface area contributed by atoms with Crippen LogP contribution in [0.5, 0.6) is 5.75 Å². The molecule has 0 aliphatic heterocycles. The van der Waals surface area contributed by atoms with E-state index in [0.29, 0.717) is 43.9 Å². The number of Topliss-reactive ketones (excluding diaryl/α,β-unsaturated/α-hetero) is 2. The number of rotatable bonds is 25. The van der Waals surface area contributed by atoms with Crippen molar-refractivity contribution in [3.63, 3.8) is 0 Å². The number of ketones is 2. The molecule has 2 heterocycles. The van der Waals surface area contributed by atoms with Crippen LogP contribution in [-0.4, -0.2) is 97.9 Å². The molecule has 278 valence electrons. The number of phenolic OH excluding ortho intramolecular Hbond substituents is 1. The third-order valence-corrected chi connectivity index (χ3v) is 7.71. The summed E-state index contributed by atoms with van der Waals surface area (Å²) in [5.41, 5.74) is 1.26. The molecule has 3 atom stereocenters. The van der Waals surface area contributed by atoms with Crippen molar-refractivity contribution >= 4 is 29.4 Å². The van der Waals surface area contributed by atoms with Gasteiger partial charge in [-0.25, -0.2) is 4.98 Å². The van der Waals surface area contributed by atoms with Crippen molar-refractivity contribution in [2.75, 3.05) is 26.4 Å². The summed E-state index contributed by atoms with van der Waals surface area (Å²) in [5.74, 6) is -3.22. The summed E-state index contributed by atoms with van der Waals surface area (Å²) >= 11 is 0. The quantitative estimate of drug-likeness (QED) is 0.0733. The molecule has 0 saturated carbocycles. The highest BCUT2D eigenvalue weighted by Gasteiger charge is 2.31. The zero-order valence-corrected chi connectivity index (χ0v) is 29.3. The average molecular weight is 714 g/mol. The molecule has 0 aliphatic rings. The largest absolute Gasteiger partial charge is 0.508 e. The number of carbonyl (C=O) groups excluding carboxylic acids is 5. The third-order valence-electron chi connectivity index (χ3n) is 7.71. The van der Waals surface area contributed by atoms with Crippen LogP contribution in [0.3, 0.4) is 0 Å². The number of imidazole rings is 1. The lowest BCUT2D eigenvalue weighted by Gasteiger charge is -2.24. The van der Waals surface area contributed by atoms with Gasteiger partial charge in [-0.3, -0.25) is 28.7 Å². The van der Waals surface area contributed by atoms with Crippen LogP contribution >= 0.6 is 0 Å². The number of aromatic hydroxyl groups is 1. The van der Waals surface area contributed by atoms with E-state index in [-0.39, 0.29) is 62.7 Å². The van der Waals surface area contributed by atoms with Gasteiger partial charge in [0.25, 0.3) is 0 Å². The number of H-pyrrole nitrogens is 1. The predicted molar refractivity (Wildman–Crippen MR) is 183 cm³/mol. The van der Waals surface area contributed by atoms with Crippen molar-refractivity contribution < 1.29 is 44.7 Å². The first kappa shape index (κ1) is 38.8. The minimum atomic E-state index is -1.21. The fourth-order valence-electron chi connectivity index (χ4n) is 5.19. The first-order chi connectivity index (χ1) is 24.9. The van der Waals surface area contributed by atoms with Crippen molar-refractivity contribution in [1.82, 2.24) is 35.6 Å². The van der Waals surface area contributed by atoms with Gasteiger partial charge in [0.15, 0.2) is 11.6 Å². The minimum Gasteiger partial charge on any atom is -0.508 e. The van der Waals surface area contributed by atoms with E-state index in [0.717, 1.165) is 0 Å². The lowest BCUT2D eigenvalue weighted by molar-refractivity contribution is -0.147. The molecule has 3 rings (SSSR count). The summed E-state index contributed by atoms with van der Waals surface area (Å²) in [6, 6.07) is 4.13. The second-order valence-corrected chi connectivity index (χ2v) is 12.5. The number of carbonyl (C=O) groups is 5. The van der Waals surface area contributed by atoms with Crippen LogP contribution in [-0.2, 0) is 57.8 Å². The Kier molecular flexibility index (Phi) is 16.7. The van der Waals surface area contributed by atoms with Crippen LogP contribution in [0.15, 0.2) is 49.2 Å². The maximum atomic E-state index is 13.7. The van der Waals surface area contributed by atoms with E-state index in [4.69, 9.17) is 15.6 Å². The Morgan fingerprint density at radius 2 is 1.73 bits per heavy atom. The van der Waals surface area contributed by atoms with E-state index >= 15 is 0 Å². The SMILES string of the molecule is [3H]c1cn(CCOCCOCCCC(=O)[C@H](CC(=O)OCc2cnc[nH]2)NC(=O)[C@H](CC(=O)[C@H](Cc2ccc(O)cc2)NC(C)=O)CC(C)C)nn1. The van der Waals surface area contributed by atoms with Gasteiger partial charge in [-0.1, -0.05) is 31.2 Å². The molecule has 2 amide bonds. The lowest BCUT2D eigenvalue weighted by Crippen LogP contribution is -2.47. The van der Waals surface area contributed by atoms with Gasteiger partial charge in [-0.05, 0) is 42.9 Å². The van der Waals surface area contributed by atoms with Gasteiger partial charge in [0.1, 0.15) is 12.4 Å². The molecule has 0 radical (unpaired) electrons. The smallest absolute Gasteiger partial charge is 0.308 e. The topological polar surface area (TPSA) is 217 Å². The predicted octanol–water partition coefficient (Wildman–Crippen LogP) is 2.08. The number of aromatic amines is 1. The maximum absolute atomic E-state index is 13.7. The molecule has 0 spiro atoms. The molecule has 51 heavy (non-hydrogen) atoms. The summed E-state index contributed by atoms with van der Waals surface area (Å²) in [5, 5.41) is 22.4. The summed E-state index contributed by atoms with van der Waals surface area (Å²) in [4.78, 5) is 72.2. The van der Waals surface area contributed by atoms with Crippen molar-refractivity contribution in [3.8, 4) is 5.75 Å². The fraction of sp³-hybridized carbons (Fsp3) is 0.543. The van der Waals surface area contributed by atoms with Gasteiger partial charge in [0, 0.05) is 38.5 Å². The van der Waals surface area contributed by atoms with Gasteiger partial charge in [-0.15, -0.1) is 5.10 Å². The number of nitrogens with one attached hydrogen (secondary N) is 3. The number of ether oxygens (including phenoxy) is 3. The highest BCUT2D eigenvalue weighted by Crippen LogP contribution is 2.20. The zero-order chi connectivity index (χ0) is 37.9. The van der Waals surface area contributed by atoms with Crippen molar-refractivity contribution in [2.24, 2.45) is 11.8 Å². The van der Waals surface area contributed by atoms with Crippen LogP contribution in [0.4, 0.5) is 0 Å². The number of phenols is 1. The van der Waals surface area contributed by atoms with Crippen LogP contribution < -0.4 is 10.6 Å². The summed E-state index contributed by atoms with van der Waals surface area (Å²) in [6.45, 7) is 6.64. The lowest BCUT2D eigenvalue weighted by atomic mass is 9.88. The molecule has 2 aromatic heterocycles. The Bertz CT molecular complexity index is 1560. The Balaban J connectivity index is 1.59. The van der Waals surface area contributed by atoms with Gasteiger partial charge < -0.3 is 34.9 Å². The molecule has 3 aromatic rings. The number of esters is 1. The van der Waals surface area contributed by atoms with Gasteiger partial charge >= 0.3 is 5.97 Å². The zero-order valence-electron chi connectivity index (χ0n) is 30.3. The van der Waals surface area contributed by atoms with Crippen molar-refractivity contribution in [1.29, 1.82) is 0 Å². The Morgan fingerprint density at radius 1 is 0.980 bits per heavy atom. The van der Waals surface area contributed by atoms with Crippen LogP contribution in [0.2, 0.25) is 0 Å². The molecule has 0 bridgehead atoms. The molecule has 4 N–H and O–H groups in total. The summed E-state index contributed by atoms with van der Waals surface area (Å²) < 4.78 is 25.3. The van der Waals surface area contributed by atoms with Crippen LogP contribution in [0.25, 0.3) is 0 Å². The maximum Gasteiger partial charge on any atom is 0.308 e. The fourth-order valence-corrected chi connectivity index (χ4v) is 5.19. The molecule has 0 unspecified atom stereocenters. The molecular formula is C35H49N7O9. The van der Waals surface area contributed by atoms with E-state index in [1.807, 2.05) is 13.8 Å². The summed E-state index contributed by atoms with van der Waals surface area (Å²) in [7, 11) is 0. The Labute approximate surface area is 298 Å². The molecule has 1 aromatic carbocycles. The number of hydrogen-bond acceptors (Lipinski definition) is 12. The second-order valence-electron chi connectivity index (χ2n) is 12.5. The van der Waals surface area contributed by atoms with Gasteiger partial charge in [0.2, 0.25) is 11.8 Å². The number of amides is 2. The normalized spacial score (nSPS) is 13.2. The van der Waals surface area contributed by atoms with Gasteiger partial charge in [-0.2, -0.15) is 0 Å². The highest BCUT2D eigenvalue weighted by molar-refractivity contribution is 5.95. The molecule has 16 heteroatoms. The average Bonchev–Trinajstić information content (AvgIpc) is 3.77. The third kappa shape index (κ3) is 16.1. The molecule has 16 nitrogen and oxygen atoms in total. The van der Waals surface area contributed by atoms with Crippen molar-refractivity contribution in [3.05, 3.63) is 60.4 Å². The van der Waals surface area contributed by atoms with E-state index in [2.05, 4.69) is 30.9 Å². The van der Waals surface area contributed by atoms with Crippen LogP contribution in [0, 0.1) is 11.8 Å². The van der Waals surface area contributed by atoms with Crippen LogP contribution in [0.1, 0.15) is 65.5 Å². The van der Waals surface area contributed by atoms with E-state index < -0.39 is 48.0 Å². The van der Waals surface area contributed by atoms with E-state index in [9.17, 15) is 29.1 Å². The molecule has 0 saturated heterocycles. The molecular weight excluding hydrogens is 662 g/mol. The van der Waals surface area contributed by atoms with E-state index in [1.165, 1.54) is 42.5 Å². The standard InChI is InChI=1S/C35H49N7O9/c1-24(2)17-27(19-33(46)30(39-25(3)43)18-26-6-8-29(44)9-7-26)35(48)40-31(20-34(47)51-22-28-21-36-23-37-28)32(45)5-4-13-49-15-16-50-14-12-42-11-10-38-41-42/h6-11,21,23-24,27,30-31,44H,4-5,12-20,22H2,1-3H3,(H,36,37)(H,39,43)(H,40,48)/t27-,30-,31-/m0/s1/i10T. The highest BCUT2D eigenvalue weighted by atomic mass is 16.5. The molecule has 0 aliphatic carbocycles. The first-order valence-electron chi connectivity index (χ1n) is 17.5. The van der Waals surface area contributed by atoms with Crippen molar-refractivity contribution in [2.45, 2.75) is 84.5 Å². The van der Waals surface area contributed by atoms with Gasteiger partial charge in [0.05, 0.1) is 70.6 Å². The summed E-state index contributed by atoms with van der Waals surface area (Å²) in [6.07, 6.45) is 4.67. The number of benzene rings is 1. The number of aromatic nitrogens is 5. The minimum absolute atomic E-state index is 0.00635. The monoisotopic (exact) mass is 713 g/mol.